The fraction of sp³-hybridized carbons (Fsp3) is 0.269. The molecule has 0 unspecified atom stereocenters. The molecule has 4 aromatic rings. The molecule has 0 aliphatic rings. The van der Waals surface area contributed by atoms with Crippen molar-refractivity contribution in [1.29, 1.82) is 0 Å². The molecule has 0 spiro atoms. The summed E-state index contributed by atoms with van der Waals surface area (Å²) in [6.45, 7) is 2.40. The Kier molecular flexibility index (Phi) is 8.10. The van der Waals surface area contributed by atoms with Gasteiger partial charge in [0.1, 0.15) is 0 Å². The van der Waals surface area contributed by atoms with Crippen LogP contribution in [0, 0.1) is 0 Å². The molecular formula is C26H30ClN3O. The number of hydrogen-bond donors (Lipinski definition) is 0. The SMILES string of the molecule is CN(C)CCCOc1nn(Cc2ccccc2)c2ccc(Cc3ccccc3)cc12.Cl. The van der Waals surface area contributed by atoms with Gasteiger partial charge in [-0.2, -0.15) is 0 Å². The standard InChI is InChI=1S/C26H29N3O.ClH/c1-28(2)16-9-17-30-26-24-19-23(18-21-10-5-3-6-11-21)14-15-25(24)29(27-26)20-22-12-7-4-8-13-22;/h3-8,10-15,19H,9,16-18,20H2,1-2H3;1H. The fourth-order valence-corrected chi connectivity index (χ4v) is 3.67. The van der Waals surface area contributed by atoms with Crippen LogP contribution in [-0.4, -0.2) is 41.9 Å². The van der Waals surface area contributed by atoms with Gasteiger partial charge in [-0.05, 0) is 55.8 Å². The zero-order valence-corrected chi connectivity index (χ0v) is 19.0. The molecule has 4 rings (SSSR count). The average Bonchev–Trinajstić information content (AvgIpc) is 3.09. The molecule has 0 saturated heterocycles. The van der Waals surface area contributed by atoms with E-state index in [0.717, 1.165) is 42.7 Å². The van der Waals surface area contributed by atoms with Crippen molar-refractivity contribution in [3.63, 3.8) is 0 Å². The van der Waals surface area contributed by atoms with E-state index in [4.69, 9.17) is 9.84 Å². The molecule has 31 heavy (non-hydrogen) atoms. The monoisotopic (exact) mass is 435 g/mol. The van der Waals surface area contributed by atoms with Crippen molar-refractivity contribution < 1.29 is 4.74 Å². The minimum absolute atomic E-state index is 0. The van der Waals surface area contributed by atoms with Crippen LogP contribution in [0.4, 0.5) is 0 Å². The summed E-state index contributed by atoms with van der Waals surface area (Å²) in [6.07, 6.45) is 1.88. The Hall–Kier alpha value is -2.82. The van der Waals surface area contributed by atoms with Crippen molar-refractivity contribution >= 4 is 23.3 Å². The van der Waals surface area contributed by atoms with Crippen molar-refractivity contribution in [3.8, 4) is 5.88 Å². The minimum Gasteiger partial charge on any atom is -0.476 e. The maximum absolute atomic E-state index is 6.13. The van der Waals surface area contributed by atoms with E-state index in [9.17, 15) is 0 Å². The largest absolute Gasteiger partial charge is 0.476 e. The Balaban J connectivity index is 0.00000272. The minimum atomic E-state index is 0. The molecule has 0 atom stereocenters. The van der Waals surface area contributed by atoms with Crippen LogP contribution in [0.25, 0.3) is 10.9 Å². The summed E-state index contributed by atoms with van der Waals surface area (Å²) in [5.41, 5.74) is 4.92. The third-order valence-corrected chi connectivity index (χ3v) is 5.20. The van der Waals surface area contributed by atoms with Crippen LogP contribution in [-0.2, 0) is 13.0 Å². The number of benzene rings is 3. The summed E-state index contributed by atoms with van der Waals surface area (Å²) < 4.78 is 8.19. The van der Waals surface area contributed by atoms with E-state index < -0.39 is 0 Å². The van der Waals surface area contributed by atoms with Gasteiger partial charge in [-0.15, -0.1) is 17.5 Å². The van der Waals surface area contributed by atoms with Crippen LogP contribution < -0.4 is 4.74 Å². The van der Waals surface area contributed by atoms with Crippen molar-refractivity contribution in [2.75, 3.05) is 27.2 Å². The average molecular weight is 436 g/mol. The first kappa shape index (κ1) is 22.9. The van der Waals surface area contributed by atoms with E-state index in [1.807, 2.05) is 6.07 Å². The van der Waals surface area contributed by atoms with E-state index in [2.05, 4.69) is 96.5 Å². The number of nitrogens with zero attached hydrogens (tertiary/aromatic N) is 3. The highest BCUT2D eigenvalue weighted by atomic mass is 35.5. The van der Waals surface area contributed by atoms with Gasteiger partial charge >= 0.3 is 0 Å². The second-order valence-corrected chi connectivity index (χ2v) is 7.97. The second-order valence-electron chi connectivity index (χ2n) is 7.97. The lowest BCUT2D eigenvalue weighted by Gasteiger charge is -2.09. The molecule has 1 aromatic heterocycles. The summed E-state index contributed by atoms with van der Waals surface area (Å²) in [5, 5.41) is 5.92. The van der Waals surface area contributed by atoms with Crippen LogP contribution in [0.15, 0.2) is 78.9 Å². The predicted molar refractivity (Wildman–Crippen MR) is 130 cm³/mol. The second kappa shape index (κ2) is 11.0. The van der Waals surface area contributed by atoms with Crippen molar-refractivity contribution in [2.24, 2.45) is 0 Å². The molecule has 0 amide bonds. The summed E-state index contributed by atoms with van der Waals surface area (Å²) in [4.78, 5) is 2.17. The molecule has 0 fully saturated rings. The topological polar surface area (TPSA) is 30.3 Å². The summed E-state index contributed by atoms with van der Waals surface area (Å²) in [7, 11) is 4.17. The van der Waals surface area contributed by atoms with Crippen LogP contribution in [0.5, 0.6) is 5.88 Å². The number of ether oxygens (including phenoxy) is 1. The Bertz CT molecular complexity index is 1080. The Morgan fingerprint density at radius 3 is 2.19 bits per heavy atom. The summed E-state index contributed by atoms with van der Waals surface area (Å²) in [5.74, 6) is 0.731. The lowest BCUT2D eigenvalue weighted by molar-refractivity contribution is 0.273. The van der Waals surface area contributed by atoms with Crippen molar-refractivity contribution in [1.82, 2.24) is 14.7 Å². The molecule has 0 radical (unpaired) electrons. The number of rotatable bonds is 9. The van der Waals surface area contributed by atoms with E-state index >= 15 is 0 Å². The molecule has 0 aliphatic heterocycles. The molecule has 4 nitrogen and oxygen atoms in total. The van der Waals surface area contributed by atoms with E-state index in [0.29, 0.717) is 6.61 Å². The summed E-state index contributed by atoms with van der Waals surface area (Å²) in [6, 6.07) is 27.6. The lowest BCUT2D eigenvalue weighted by atomic mass is 10.0. The van der Waals surface area contributed by atoms with Gasteiger partial charge in [0.2, 0.25) is 5.88 Å². The van der Waals surface area contributed by atoms with E-state index in [-0.39, 0.29) is 12.4 Å². The number of hydrogen-bond acceptors (Lipinski definition) is 3. The van der Waals surface area contributed by atoms with Gasteiger partial charge in [0.05, 0.1) is 24.1 Å². The summed E-state index contributed by atoms with van der Waals surface area (Å²) >= 11 is 0. The first-order valence-corrected chi connectivity index (χ1v) is 10.5. The lowest BCUT2D eigenvalue weighted by Crippen LogP contribution is -2.15. The third-order valence-electron chi connectivity index (χ3n) is 5.20. The number of aromatic nitrogens is 2. The first-order chi connectivity index (χ1) is 14.7. The van der Waals surface area contributed by atoms with Crippen molar-refractivity contribution in [2.45, 2.75) is 19.4 Å². The van der Waals surface area contributed by atoms with Crippen molar-refractivity contribution in [3.05, 3.63) is 95.6 Å². The first-order valence-electron chi connectivity index (χ1n) is 10.5. The molecular weight excluding hydrogens is 406 g/mol. The van der Waals surface area contributed by atoms with Gasteiger partial charge in [-0.25, -0.2) is 0 Å². The van der Waals surface area contributed by atoms with Gasteiger partial charge < -0.3 is 9.64 Å². The third kappa shape index (κ3) is 6.09. The number of halogens is 1. The maximum atomic E-state index is 6.13. The van der Waals surface area contributed by atoms with Gasteiger partial charge in [-0.3, -0.25) is 4.68 Å². The molecule has 3 aromatic carbocycles. The zero-order chi connectivity index (χ0) is 20.8. The van der Waals surface area contributed by atoms with Gasteiger partial charge in [0.15, 0.2) is 0 Å². The Morgan fingerprint density at radius 1 is 0.839 bits per heavy atom. The zero-order valence-electron chi connectivity index (χ0n) is 18.2. The van der Waals surface area contributed by atoms with Gasteiger partial charge in [0.25, 0.3) is 0 Å². The molecule has 0 aliphatic carbocycles. The smallest absolute Gasteiger partial charge is 0.240 e. The van der Waals surface area contributed by atoms with Crippen LogP contribution in [0.1, 0.15) is 23.1 Å². The Labute approximate surface area is 190 Å². The molecule has 0 bridgehead atoms. The maximum Gasteiger partial charge on any atom is 0.240 e. The number of fused-ring (bicyclic) bond motifs is 1. The molecule has 5 heteroatoms. The van der Waals surface area contributed by atoms with E-state index in [1.54, 1.807) is 0 Å². The van der Waals surface area contributed by atoms with E-state index in [1.165, 1.54) is 16.7 Å². The molecule has 0 N–H and O–H groups in total. The fourth-order valence-electron chi connectivity index (χ4n) is 3.67. The Morgan fingerprint density at radius 2 is 1.52 bits per heavy atom. The molecule has 0 saturated carbocycles. The molecule has 162 valence electrons. The predicted octanol–water partition coefficient (Wildman–Crippen LogP) is 5.43. The normalized spacial score (nSPS) is 10.9. The highest BCUT2D eigenvalue weighted by molar-refractivity contribution is 5.86. The quantitative estimate of drug-likeness (QED) is 0.328. The molecule has 1 heterocycles. The van der Waals surface area contributed by atoms with Crippen LogP contribution in [0.3, 0.4) is 0 Å². The highest BCUT2D eigenvalue weighted by Crippen LogP contribution is 2.28. The van der Waals surface area contributed by atoms with Crippen LogP contribution >= 0.6 is 12.4 Å². The van der Waals surface area contributed by atoms with Gasteiger partial charge in [0, 0.05) is 6.54 Å². The van der Waals surface area contributed by atoms with Gasteiger partial charge in [-0.1, -0.05) is 66.7 Å². The van der Waals surface area contributed by atoms with Crippen LogP contribution in [0.2, 0.25) is 0 Å². The highest BCUT2D eigenvalue weighted by Gasteiger charge is 2.13.